The predicted molar refractivity (Wildman–Crippen MR) is 113 cm³/mol. The van der Waals surface area contributed by atoms with Crippen molar-refractivity contribution in [2.24, 2.45) is 5.92 Å². The Morgan fingerprint density at radius 1 is 0.933 bits per heavy atom. The fraction of sp³-hybridized carbons (Fsp3) is 0.261. The second kappa shape index (κ2) is 8.41. The summed E-state index contributed by atoms with van der Waals surface area (Å²) < 4.78 is 7.85. The van der Waals surface area contributed by atoms with Gasteiger partial charge in [0, 0.05) is 50.1 Å². The van der Waals surface area contributed by atoms with Gasteiger partial charge in [-0.2, -0.15) is 0 Å². The summed E-state index contributed by atoms with van der Waals surface area (Å²) in [4.78, 5) is 39.4. The molecule has 1 saturated heterocycles. The second-order valence-corrected chi connectivity index (χ2v) is 7.46. The smallest absolute Gasteiger partial charge is 0.320 e. The molecule has 1 aliphatic rings. The van der Waals surface area contributed by atoms with E-state index in [1.54, 1.807) is 43.8 Å². The Bertz CT molecular complexity index is 1150. The summed E-state index contributed by atoms with van der Waals surface area (Å²) in [5, 5.41) is 0. The van der Waals surface area contributed by atoms with Gasteiger partial charge in [-0.15, -0.1) is 0 Å². The van der Waals surface area contributed by atoms with Crippen molar-refractivity contribution in [1.82, 2.24) is 14.0 Å². The van der Waals surface area contributed by atoms with Gasteiger partial charge in [0.05, 0.1) is 7.11 Å². The van der Waals surface area contributed by atoms with E-state index in [9.17, 15) is 14.4 Å². The maximum atomic E-state index is 12.6. The van der Waals surface area contributed by atoms with Crippen molar-refractivity contribution in [3.8, 4) is 11.4 Å². The number of methoxy groups -OCH3 is 1. The number of hydrogen-bond acceptors (Lipinski definition) is 4. The van der Waals surface area contributed by atoms with E-state index in [-0.39, 0.29) is 11.8 Å². The number of carbonyl (C=O) groups excluding carboxylic acids is 1. The van der Waals surface area contributed by atoms with Gasteiger partial charge < -0.3 is 14.2 Å². The van der Waals surface area contributed by atoms with E-state index in [1.165, 1.54) is 9.13 Å². The molecule has 4 rings (SSSR count). The molecule has 1 fully saturated rings. The van der Waals surface area contributed by atoms with Crippen LogP contribution in [0.2, 0.25) is 0 Å². The van der Waals surface area contributed by atoms with Crippen LogP contribution in [0.15, 0.2) is 76.6 Å². The Hall–Kier alpha value is -3.61. The molecule has 2 aromatic carbocycles. The van der Waals surface area contributed by atoms with Crippen LogP contribution in [0.1, 0.15) is 12.0 Å². The standard InChI is InChI=1S/C23H23N3O4/c1-30-20-9-7-19(8-10-20)26-12-11-24(22(28)23(26)29)15-18-13-21(27)25(16-18)14-17-5-3-2-4-6-17/h2-12,18H,13-16H2,1H3. The molecular formula is C23H23N3O4. The van der Waals surface area contributed by atoms with Crippen molar-refractivity contribution in [3.05, 3.63) is 93.3 Å². The van der Waals surface area contributed by atoms with Gasteiger partial charge in [-0.25, -0.2) is 0 Å². The zero-order chi connectivity index (χ0) is 21.1. The SMILES string of the molecule is COc1ccc(-n2ccn(CC3CC(=O)N(Cc4ccccc4)C3)c(=O)c2=O)cc1. The highest BCUT2D eigenvalue weighted by atomic mass is 16.5. The molecule has 1 aliphatic heterocycles. The Kier molecular flexibility index (Phi) is 5.52. The van der Waals surface area contributed by atoms with E-state index >= 15 is 0 Å². The summed E-state index contributed by atoms with van der Waals surface area (Å²) in [7, 11) is 1.57. The van der Waals surface area contributed by atoms with E-state index in [4.69, 9.17) is 4.74 Å². The lowest BCUT2D eigenvalue weighted by Crippen LogP contribution is -2.41. The van der Waals surface area contributed by atoms with E-state index in [1.807, 2.05) is 35.2 Å². The van der Waals surface area contributed by atoms with Gasteiger partial charge in [-0.3, -0.25) is 19.0 Å². The van der Waals surface area contributed by atoms with Gasteiger partial charge >= 0.3 is 11.1 Å². The van der Waals surface area contributed by atoms with Crippen LogP contribution in [-0.2, 0) is 17.9 Å². The number of benzene rings is 2. The molecule has 0 N–H and O–H groups in total. The highest BCUT2D eigenvalue weighted by Crippen LogP contribution is 2.21. The van der Waals surface area contributed by atoms with Gasteiger partial charge in [0.15, 0.2) is 0 Å². The van der Waals surface area contributed by atoms with Crippen molar-refractivity contribution in [2.75, 3.05) is 13.7 Å². The topological polar surface area (TPSA) is 73.5 Å². The Balaban J connectivity index is 1.48. The fourth-order valence-electron chi connectivity index (χ4n) is 3.81. The van der Waals surface area contributed by atoms with Crippen LogP contribution in [0, 0.1) is 5.92 Å². The third-order valence-electron chi connectivity index (χ3n) is 5.37. The first-order chi connectivity index (χ1) is 14.5. The van der Waals surface area contributed by atoms with Crippen LogP contribution in [0.4, 0.5) is 0 Å². The molecule has 1 amide bonds. The highest BCUT2D eigenvalue weighted by molar-refractivity contribution is 5.78. The third kappa shape index (κ3) is 4.05. The third-order valence-corrected chi connectivity index (χ3v) is 5.37. The summed E-state index contributed by atoms with van der Waals surface area (Å²) in [5.41, 5.74) is 0.455. The normalized spacial score (nSPS) is 16.1. The van der Waals surface area contributed by atoms with Gasteiger partial charge in [0.25, 0.3) is 0 Å². The van der Waals surface area contributed by atoms with E-state index in [0.717, 1.165) is 5.56 Å². The highest BCUT2D eigenvalue weighted by Gasteiger charge is 2.30. The van der Waals surface area contributed by atoms with E-state index in [2.05, 4.69) is 0 Å². The molecule has 0 radical (unpaired) electrons. The maximum absolute atomic E-state index is 12.6. The van der Waals surface area contributed by atoms with Crippen molar-refractivity contribution < 1.29 is 9.53 Å². The minimum Gasteiger partial charge on any atom is -0.497 e. The average Bonchev–Trinajstić information content (AvgIpc) is 3.11. The van der Waals surface area contributed by atoms with Crippen LogP contribution in [0.25, 0.3) is 5.69 Å². The summed E-state index contributed by atoms with van der Waals surface area (Å²) in [6.07, 6.45) is 3.57. The van der Waals surface area contributed by atoms with Gasteiger partial charge in [-0.1, -0.05) is 30.3 Å². The number of rotatable bonds is 6. The molecule has 154 valence electrons. The second-order valence-electron chi connectivity index (χ2n) is 7.46. The molecule has 7 nitrogen and oxygen atoms in total. The van der Waals surface area contributed by atoms with Crippen LogP contribution in [-0.4, -0.2) is 33.6 Å². The van der Waals surface area contributed by atoms with Crippen LogP contribution in [0.3, 0.4) is 0 Å². The number of nitrogens with zero attached hydrogens (tertiary/aromatic N) is 3. The molecule has 3 aromatic rings. The van der Waals surface area contributed by atoms with Crippen LogP contribution < -0.4 is 15.9 Å². The molecule has 30 heavy (non-hydrogen) atoms. The summed E-state index contributed by atoms with van der Waals surface area (Å²) in [6, 6.07) is 16.7. The minimum atomic E-state index is -0.617. The number of likely N-dealkylation sites (tertiary alicyclic amines) is 1. The Labute approximate surface area is 173 Å². The number of carbonyl (C=O) groups is 1. The number of amides is 1. The molecule has 2 heterocycles. The van der Waals surface area contributed by atoms with E-state index < -0.39 is 11.1 Å². The fourth-order valence-corrected chi connectivity index (χ4v) is 3.81. The Morgan fingerprint density at radius 2 is 1.67 bits per heavy atom. The average molecular weight is 405 g/mol. The van der Waals surface area contributed by atoms with Crippen molar-refractivity contribution in [1.29, 1.82) is 0 Å². The van der Waals surface area contributed by atoms with Crippen LogP contribution in [0.5, 0.6) is 5.75 Å². The van der Waals surface area contributed by atoms with Crippen LogP contribution >= 0.6 is 0 Å². The molecule has 7 heteroatoms. The first kappa shape index (κ1) is 19.7. The maximum Gasteiger partial charge on any atom is 0.320 e. The van der Waals surface area contributed by atoms with Crippen molar-refractivity contribution >= 4 is 5.91 Å². The number of aromatic nitrogens is 2. The monoisotopic (exact) mass is 405 g/mol. The molecule has 1 unspecified atom stereocenters. The minimum absolute atomic E-state index is 0.00449. The molecule has 1 atom stereocenters. The summed E-state index contributed by atoms with van der Waals surface area (Å²) >= 11 is 0. The van der Waals surface area contributed by atoms with Crippen molar-refractivity contribution in [3.63, 3.8) is 0 Å². The van der Waals surface area contributed by atoms with Gasteiger partial charge in [0.2, 0.25) is 5.91 Å². The Morgan fingerprint density at radius 3 is 2.37 bits per heavy atom. The van der Waals surface area contributed by atoms with E-state index in [0.29, 0.717) is 37.5 Å². The van der Waals surface area contributed by atoms with Crippen molar-refractivity contribution in [2.45, 2.75) is 19.5 Å². The number of ether oxygens (including phenoxy) is 1. The molecule has 0 bridgehead atoms. The van der Waals surface area contributed by atoms with Gasteiger partial charge in [-0.05, 0) is 29.8 Å². The molecule has 0 aliphatic carbocycles. The summed E-state index contributed by atoms with van der Waals surface area (Å²) in [6.45, 7) is 1.47. The quantitative estimate of drug-likeness (QED) is 0.589. The molecular weight excluding hydrogens is 382 g/mol. The largest absolute Gasteiger partial charge is 0.497 e. The predicted octanol–water partition coefficient (Wildman–Crippen LogP) is 2.06. The van der Waals surface area contributed by atoms with Gasteiger partial charge in [0.1, 0.15) is 5.75 Å². The molecule has 0 saturated carbocycles. The lowest BCUT2D eigenvalue weighted by Gasteiger charge is -2.17. The zero-order valence-electron chi connectivity index (χ0n) is 16.7. The first-order valence-corrected chi connectivity index (χ1v) is 9.83. The summed E-state index contributed by atoms with van der Waals surface area (Å²) in [5.74, 6) is 0.740. The zero-order valence-corrected chi connectivity index (χ0v) is 16.7. The molecule has 1 aromatic heterocycles. The number of hydrogen-bond donors (Lipinski definition) is 0. The molecule has 0 spiro atoms. The lowest BCUT2D eigenvalue weighted by atomic mass is 10.1. The lowest BCUT2D eigenvalue weighted by molar-refractivity contribution is -0.128. The first-order valence-electron chi connectivity index (χ1n) is 9.83.